The molecular weight excluding hydrogens is 240 g/mol. The predicted octanol–water partition coefficient (Wildman–Crippen LogP) is 3.84. The van der Waals surface area contributed by atoms with Gasteiger partial charge >= 0.3 is 5.97 Å². The third kappa shape index (κ3) is 2.98. The van der Waals surface area contributed by atoms with Crippen LogP contribution in [0.1, 0.15) is 51.2 Å². The van der Waals surface area contributed by atoms with E-state index in [9.17, 15) is 4.79 Å². The largest absolute Gasteiger partial charge is 0.483 e. The van der Waals surface area contributed by atoms with Crippen molar-refractivity contribution in [2.45, 2.75) is 45.6 Å². The number of carbonyl (C=O) groups is 1. The molecule has 1 heterocycles. The van der Waals surface area contributed by atoms with E-state index in [-0.39, 0.29) is 17.9 Å². The zero-order valence-corrected chi connectivity index (χ0v) is 11.9. The van der Waals surface area contributed by atoms with E-state index in [1.54, 1.807) is 0 Å². The fraction of sp³-hybridized carbons (Fsp3) is 0.438. The highest BCUT2D eigenvalue weighted by atomic mass is 16.5. The highest BCUT2D eigenvalue weighted by Crippen LogP contribution is 2.37. The van der Waals surface area contributed by atoms with Gasteiger partial charge in [0, 0.05) is 5.56 Å². The van der Waals surface area contributed by atoms with Crippen molar-refractivity contribution in [1.29, 1.82) is 0 Å². The first-order chi connectivity index (χ1) is 8.78. The van der Waals surface area contributed by atoms with E-state index in [0.29, 0.717) is 0 Å². The summed E-state index contributed by atoms with van der Waals surface area (Å²) in [5, 5.41) is 8.87. The first-order valence-electron chi connectivity index (χ1n) is 6.53. The number of ether oxygens (including phenoxy) is 1. The fourth-order valence-electron chi connectivity index (χ4n) is 2.54. The van der Waals surface area contributed by atoms with E-state index in [1.165, 1.54) is 5.57 Å². The van der Waals surface area contributed by atoms with Crippen LogP contribution in [0.15, 0.2) is 24.3 Å². The van der Waals surface area contributed by atoms with Gasteiger partial charge in [0.25, 0.3) is 0 Å². The van der Waals surface area contributed by atoms with Gasteiger partial charge in [-0.25, -0.2) is 0 Å². The molecule has 3 nitrogen and oxygen atoms in total. The van der Waals surface area contributed by atoms with Gasteiger partial charge in [0.05, 0.1) is 6.42 Å². The average Bonchev–Trinajstić information content (AvgIpc) is 2.26. The van der Waals surface area contributed by atoms with Gasteiger partial charge in [0.1, 0.15) is 11.4 Å². The van der Waals surface area contributed by atoms with Crippen molar-refractivity contribution in [3.8, 4) is 5.75 Å². The van der Waals surface area contributed by atoms with Crippen LogP contribution in [0.2, 0.25) is 0 Å². The lowest BCUT2D eigenvalue weighted by Gasteiger charge is -2.30. The van der Waals surface area contributed by atoms with E-state index in [0.717, 1.165) is 16.9 Å². The first-order valence-corrected chi connectivity index (χ1v) is 6.53. The number of aliphatic carboxylic acids is 1. The Morgan fingerprint density at radius 1 is 1.42 bits per heavy atom. The molecule has 1 atom stereocenters. The monoisotopic (exact) mass is 260 g/mol. The molecule has 1 aliphatic heterocycles. The number of hydrogen-bond acceptors (Lipinski definition) is 2. The van der Waals surface area contributed by atoms with Crippen molar-refractivity contribution in [2.24, 2.45) is 0 Å². The van der Waals surface area contributed by atoms with Gasteiger partial charge in [-0.15, -0.1) is 0 Å². The van der Waals surface area contributed by atoms with Crippen molar-refractivity contribution in [3.05, 3.63) is 35.4 Å². The van der Waals surface area contributed by atoms with Crippen LogP contribution >= 0.6 is 0 Å². The second-order valence-corrected chi connectivity index (χ2v) is 5.79. The maximum atomic E-state index is 10.8. The molecule has 2 rings (SSSR count). The number of rotatable bonds is 3. The average molecular weight is 260 g/mol. The van der Waals surface area contributed by atoms with Gasteiger partial charge in [-0.1, -0.05) is 13.0 Å². The van der Waals surface area contributed by atoms with Crippen LogP contribution < -0.4 is 4.74 Å². The quantitative estimate of drug-likeness (QED) is 0.898. The third-order valence-electron chi connectivity index (χ3n) is 3.42. The molecule has 0 aromatic heterocycles. The Morgan fingerprint density at radius 3 is 2.74 bits per heavy atom. The molecule has 0 fully saturated rings. The lowest BCUT2D eigenvalue weighted by Crippen LogP contribution is -2.28. The van der Waals surface area contributed by atoms with Crippen LogP contribution in [-0.2, 0) is 4.79 Å². The summed E-state index contributed by atoms with van der Waals surface area (Å²) < 4.78 is 5.91. The molecule has 1 N–H and O–H groups in total. The Hall–Kier alpha value is -1.77. The maximum absolute atomic E-state index is 10.8. The number of carboxylic acids is 1. The van der Waals surface area contributed by atoms with Gasteiger partial charge in [-0.2, -0.15) is 0 Å². The van der Waals surface area contributed by atoms with Crippen molar-refractivity contribution in [1.82, 2.24) is 0 Å². The van der Waals surface area contributed by atoms with Crippen molar-refractivity contribution < 1.29 is 14.6 Å². The minimum absolute atomic E-state index is 0.00513. The molecule has 0 radical (unpaired) electrons. The molecule has 0 saturated carbocycles. The summed E-state index contributed by atoms with van der Waals surface area (Å²) in [5.74, 6) is 0.108. The summed E-state index contributed by atoms with van der Waals surface area (Å²) in [6, 6.07) is 5.95. The molecule has 0 amide bonds. The van der Waals surface area contributed by atoms with E-state index in [1.807, 2.05) is 39.0 Å². The van der Waals surface area contributed by atoms with E-state index in [2.05, 4.69) is 13.0 Å². The first kappa shape index (κ1) is 13.7. The zero-order valence-electron chi connectivity index (χ0n) is 11.9. The summed E-state index contributed by atoms with van der Waals surface area (Å²) in [6.45, 7) is 8.05. The minimum Gasteiger partial charge on any atom is -0.483 e. The van der Waals surface area contributed by atoms with E-state index < -0.39 is 5.97 Å². The summed E-state index contributed by atoms with van der Waals surface area (Å²) in [6.07, 6.45) is 2.24. The highest BCUT2D eigenvalue weighted by Gasteiger charge is 2.25. The van der Waals surface area contributed by atoms with E-state index >= 15 is 0 Å². The number of allylic oxidation sites excluding steroid dienone is 1. The van der Waals surface area contributed by atoms with Gasteiger partial charge in [-0.05, 0) is 56.0 Å². The zero-order chi connectivity index (χ0) is 14.2. The van der Waals surface area contributed by atoms with Crippen LogP contribution in [0.4, 0.5) is 0 Å². The normalized spacial score (nSPS) is 18.0. The fourth-order valence-corrected chi connectivity index (χ4v) is 2.54. The second-order valence-electron chi connectivity index (χ2n) is 5.79. The topological polar surface area (TPSA) is 46.5 Å². The Bertz CT molecular complexity index is 541. The highest BCUT2D eigenvalue weighted by molar-refractivity contribution is 5.73. The Morgan fingerprint density at radius 2 is 2.11 bits per heavy atom. The lowest BCUT2D eigenvalue weighted by molar-refractivity contribution is -0.137. The molecule has 1 aromatic rings. The number of fused-ring (bicyclic) bond motifs is 1. The van der Waals surface area contributed by atoms with Crippen LogP contribution in [0.3, 0.4) is 0 Å². The van der Waals surface area contributed by atoms with Gasteiger partial charge in [-0.3, -0.25) is 4.79 Å². The van der Waals surface area contributed by atoms with Crippen molar-refractivity contribution in [2.75, 3.05) is 0 Å². The Labute approximate surface area is 113 Å². The van der Waals surface area contributed by atoms with Crippen LogP contribution in [0.25, 0.3) is 5.57 Å². The molecule has 0 bridgehead atoms. The summed E-state index contributed by atoms with van der Waals surface area (Å²) in [5.41, 5.74) is 2.99. The lowest BCUT2D eigenvalue weighted by atomic mass is 9.90. The maximum Gasteiger partial charge on any atom is 0.303 e. The van der Waals surface area contributed by atoms with Crippen LogP contribution in [0, 0.1) is 0 Å². The molecule has 1 aromatic carbocycles. The summed E-state index contributed by atoms with van der Waals surface area (Å²) in [4.78, 5) is 10.8. The molecule has 1 unspecified atom stereocenters. The van der Waals surface area contributed by atoms with Gasteiger partial charge in [0.2, 0.25) is 0 Å². The molecule has 102 valence electrons. The minimum atomic E-state index is -0.769. The summed E-state index contributed by atoms with van der Waals surface area (Å²) >= 11 is 0. The molecule has 3 heteroatoms. The number of hydrogen-bond donors (Lipinski definition) is 1. The number of benzene rings is 1. The van der Waals surface area contributed by atoms with Gasteiger partial charge in [0.15, 0.2) is 0 Å². The Balaban J connectivity index is 2.35. The van der Waals surface area contributed by atoms with Crippen molar-refractivity contribution >= 4 is 11.5 Å². The van der Waals surface area contributed by atoms with Crippen LogP contribution in [-0.4, -0.2) is 16.7 Å². The van der Waals surface area contributed by atoms with Gasteiger partial charge < -0.3 is 9.84 Å². The summed E-state index contributed by atoms with van der Waals surface area (Å²) in [7, 11) is 0. The molecule has 0 saturated heterocycles. The smallest absolute Gasteiger partial charge is 0.303 e. The molecule has 0 aliphatic carbocycles. The third-order valence-corrected chi connectivity index (χ3v) is 3.42. The second kappa shape index (κ2) is 4.72. The Kier molecular flexibility index (Phi) is 3.40. The number of carboxylic acid groups (broad SMARTS) is 1. The van der Waals surface area contributed by atoms with Crippen molar-refractivity contribution in [3.63, 3.8) is 0 Å². The molecule has 1 aliphatic rings. The molecule has 0 spiro atoms. The van der Waals surface area contributed by atoms with Crippen LogP contribution in [0.5, 0.6) is 5.75 Å². The van der Waals surface area contributed by atoms with E-state index in [4.69, 9.17) is 9.84 Å². The molecule has 19 heavy (non-hydrogen) atoms. The molecular formula is C16H20O3. The SMILES string of the molecule is CC1=CC(C)(C)Oc2ccc(C(C)CC(=O)O)cc21. The predicted molar refractivity (Wildman–Crippen MR) is 75.5 cm³/mol. The standard InChI is InChI=1S/C16H20O3/c1-10(7-15(17)18)12-5-6-14-13(8-12)11(2)9-16(3,4)19-14/h5-6,8-10H,7H2,1-4H3,(H,17,18).